The molecule has 0 aliphatic rings. The summed E-state index contributed by atoms with van der Waals surface area (Å²) in [6.45, 7) is 3.17. The fourth-order valence-corrected chi connectivity index (χ4v) is 3.04. The van der Waals surface area contributed by atoms with Gasteiger partial charge in [0.2, 0.25) is 0 Å². The molecule has 5 nitrogen and oxygen atoms in total. The van der Waals surface area contributed by atoms with Crippen LogP contribution < -0.4 is 5.32 Å². The normalized spacial score (nSPS) is 11.1. The van der Waals surface area contributed by atoms with Gasteiger partial charge in [0.25, 0.3) is 5.91 Å². The molecule has 124 valence electrons. The number of rotatable bonds is 4. The monoisotopic (exact) mass is 330 g/mol. The molecule has 25 heavy (non-hydrogen) atoms. The molecule has 0 aliphatic carbocycles. The molecular formula is C20H18N4O. The quantitative estimate of drug-likeness (QED) is 0.624. The first kappa shape index (κ1) is 15.3. The summed E-state index contributed by atoms with van der Waals surface area (Å²) in [6.07, 6.45) is 0. The number of nitrogens with zero attached hydrogens (tertiary/aromatic N) is 3. The summed E-state index contributed by atoms with van der Waals surface area (Å²) in [4.78, 5) is 21.3. The summed E-state index contributed by atoms with van der Waals surface area (Å²) in [5, 5.41) is 3.97. The van der Waals surface area contributed by atoms with Crippen LogP contribution in [0.25, 0.3) is 21.9 Å². The standard InChI is InChI=1S/C20H18N4O/c1-14-22-17-8-4-5-9-19(17)24(14)13-12-21-20(25)18-11-10-15-6-2-3-7-16(15)23-18/h2-11H,12-13H2,1H3,(H,21,25). The zero-order valence-electron chi connectivity index (χ0n) is 13.9. The van der Waals surface area contributed by atoms with E-state index < -0.39 is 0 Å². The Balaban J connectivity index is 1.47. The zero-order valence-corrected chi connectivity index (χ0v) is 13.9. The average molecular weight is 330 g/mol. The fourth-order valence-electron chi connectivity index (χ4n) is 3.04. The van der Waals surface area contributed by atoms with Gasteiger partial charge >= 0.3 is 0 Å². The van der Waals surface area contributed by atoms with Gasteiger partial charge in [0.15, 0.2) is 0 Å². The Bertz CT molecular complexity index is 1070. The average Bonchev–Trinajstić information content (AvgIpc) is 2.96. The number of pyridine rings is 1. The van der Waals surface area contributed by atoms with Crippen molar-refractivity contribution in [2.45, 2.75) is 13.5 Å². The summed E-state index contributed by atoms with van der Waals surface area (Å²) in [5.41, 5.74) is 3.32. The lowest BCUT2D eigenvalue weighted by atomic mass is 10.2. The lowest BCUT2D eigenvalue weighted by molar-refractivity contribution is 0.0947. The van der Waals surface area contributed by atoms with E-state index in [1.54, 1.807) is 6.07 Å². The number of benzene rings is 2. The number of aryl methyl sites for hydroxylation is 1. The Labute approximate surface area is 145 Å². The fraction of sp³-hybridized carbons (Fsp3) is 0.150. The number of imidazole rings is 1. The molecule has 2 aromatic carbocycles. The number of carbonyl (C=O) groups is 1. The van der Waals surface area contributed by atoms with Crippen molar-refractivity contribution < 1.29 is 4.79 Å². The minimum Gasteiger partial charge on any atom is -0.349 e. The molecule has 2 aromatic heterocycles. The van der Waals surface area contributed by atoms with Crippen LogP contribution in [0.15, 0.2) is 60.7 Å². The third-order valence-electron chi connectivity index (χ3n) is 4.30. The minimum absolute atomic E-state index is 0.159. The van der Waals surface area contributed by atoms with Gasteiger partial charge in [-0.15, -0.1) is 0 Å². The highest BCUT2D eigenvalue weighted by atomic mass is 16.1. The molecule has 5 heteroatoms. The molecule has 0 fully saturated rings. The lowest BCUT2D eigenvalue weighted by Crippen LogP contribution is -2.28. The number of nitrogens with one attached hydrogen (secondary N) is 1. The molecule has 0 saturated heterocycles. The van der Waals surface area contributed by atoms with Gasteiger partial charge in [-0.2, -0.15) is 0 Å². The van der Waals surface area contributed by atoms with Gasteiger partial charge in [-0.1, -0.05) is 36.4 Å². The molecule has 0 aliphatic heterocycles. The van der Waals surface area contributed by atoms with Crippen molar-refractivity contribution in [2.75, 3.05) is 6.54 Å². The molecule has 4 rings (SSSR count). The molecule has 0 radical (unpaired) electrons. The smallest absolute Gasteiger partial charge is 0.269 e. The lowest BCUT2D eigenvalue weighted by Gasteiger charge is -2.09. The molecular weight excluding hydrogens is 312 g/mol. The van der Waals surface area contributed by atoms with Gasteiger partial charge < -0.3 is 9.88 Å². The van der Waals surface area contributed by atoms with E-state index in [4.69, 9.17) is 0 Å². The minimum atomic E-state index is -0.159. The van der Waals surface area contributed by atoms with Gasteiger partial charge in [-0.3, -0.25) is 4.79 Å². The Morgan fingerprint density at radius 1 is 0.960 bits per heavy atom. The van der Waals surface area contributed by atoms with Gasteiger partial charge in [-0.05, 0) is 31.2 Å². The molecule has 0 atom stereocenters. The maximum absolute atomic E-state index is 12.4. The maximum atomic E-state index is 12.4. The molecule has 1 amide bonds. The summed E-state index contributed by atoms with van der Waals surface area (Å²) >= 11 is 0. The predicted octanol–water partition coefficient (Wildman–Crippen LogP) is 3.32. The first-order chi connectivity index (χ1) is 12.2. The second-order valence-corrected chi connectivity index (χ2v) is 5.94. The van der Waals surface area contributed by atoms with Crippen LogP contribution in [0.3, 0.4) is 0 Å². The van der Waals surface area contributed by atoms with E-state index in [1.807, 2.05) is 61.5 Å². The number of fused-ring (bicyclic) bond motifs is 2. The second-order valence-electron chi connectivity index (χ2n) is 5.94. The van der Waals surface area contributed by atoms with E-state index in [1.165, 1.54) is 0 Å². The van der Waals surface area contributed by atoms with Gasteiger partial charge in [0, 0.05) is 18.5 Å². The molecule has 0 unspecified atom stereocenters. The molecule has 0 saturated carbocycles. The largest absolute Gasteiger partial charge is 0.349 e. The van der Waals surface area contributed by atoms with Crippen molar-refractivity contribution in [2.24, 2.45) is 0 Å². The van der Waals surface area contributed by atoms with E-state index in [2.05, 4.69) is 19.9 Å². The van der Waals surface area contributed by atoms with Crippen LogP contribution >= 0.6 is 0 Å². The van der Waals surface area contributed by atoms with Crippen molar-refractivity contribution in [3.63, 3.8) is 0 Å². The highest BCUT2D eigenvalue weighted by Gasteiger charge is 2.09. The van der Waals surface area contributed by atoms with Crippen LogP contribution in [0.2, 0.25) is 0 Å². The van der Waals surface area contributed by atoms with Crippen LogP contribution in [0.4, 0.5) is 0 Å². The number of aromatic nitrogens is 3. The molecule has 4 aromatic rings. The number of para-hydroxylation sites is 3. The zero-order chi connectivity index (χ0) is 17.2. The summed E-state index contributed by atoms with van der Waals surface area (Å²) < 4.78 is 2.11. The molecule has 0 spiro atoms. The highest BCUT2D eigenvalue weighted by Crippen LogP contribution is 2.15. The number of carbonyl (C=O) groups excluding carboxylic acids is 1. The van der Waals surface area contributed by atoms with Crippen LogP contribution in [0.5, 0.6) is 0 Å². The topological polar surface area (TPSA) is 59.8 Å². The van der Waals surface area contributed by atoms with Gasteiger partial charge in [0.05, 0.1) is 16.6 Å². The number of hydrogen-bond donors (Lipinski definition) is 1. The van der Waals surface area contributed by atoms with Gasteiger partial charge in [-0.25, -0.2) is 9.97 Å². The van der Waals surface area contributed by atoms with Crippen molar-refractivity contribution in [3.05, 3.63) is 72.2 Å². The summed E-state index contributed by atoms with van der Waals surface area (Å²) in [7, 11) is 0. The SMILES string of the molecule is Cc1nc2ccccc2n1CCNC(=O)c1ccc2ccccc2n1. The third kappa shape index (κ3) is 2.96. The van der Waals surface area contributed by atoms with E-state index in [9.17, 15) is 4.79 Å². The van der Waals surface area contributed by atoms with Crippen LogP contribution in [0.1, 0.15) is 16.3 Å². The van der Waals surface area contributed by atoms with Crippen molar-refractivity contribution in [3.8, 4) is 0 Å². The van der Waals surface area contributed by atoms with Crippen LogP contribution in [-0.4, -0.2) is 27.0 Å². The van der Waals surface area contributed by atoms with Crippen molar-refractivity contribution in [1.82, 2.24) is 19.9 Å². The predicted molar refractivity (Wildman–Crippen MR) is 98.5 cm³/mol. The van der Waals surface area contributed by atoms with E-state index >= 15 is 0 Å². The number of amides is 1. The Morgan fingerprint density at radius 3 is 2.60 bits per heavy atom. The van der Waals surface area contributed by atoms with Crippen molar-refractivity contribution >= 4 is 27.8 Å². The molecule has 1 N–H and O–H groups in total. The summed E-state index contributed by atoms with van der Waals surface area (Å²) in [5.74, 6) is 0.784. The first-order valence-electron chi connectivity index (χ1n) is 8.28. The third-order valence-corrected chi connectivity index (χ3v) is 4.30. The van der Waals surface area contributed by atoms with Crippen LogP contribution in [-0.2, 0) is 6.54 Å². The van der Waals surface area contributed by atoms with E-state index in [-0.39, 0.29) is 5.91 Å². The van der Waals surface area contributed by atoms with E-state index in [0.29, 0.717) is 18.8 Å². The Morgan fingerprint density at radius 2 is 1.72 bits per heavy atom. The summed E-state index contributed by atoms with van der Waals surface area (Å²) in [6, 6.07) is 19.5. The Hall–Kier alpha value is -3.21. The maximum Gasteiger partial charge on any atom is 0.269 e. The molecule has 2 heterocycles. The van der Waals surface area contributed by atoms with Gasteiger partial charge in [0.1, 0.15) is 11.5 Å². The Kier molecular flexibility index (Phi) is 3.90. The molecule has 0 bridgehead atoms. The van der Waals surface area contributed by atoms with Crippen LogP contribution in [0, 0.1) is 6.92 Å². The highest BCUT2D eigenvalue weighted by molar-refractivity contribution is 5.94. The second kappa shape index (κ2) is 6.36. The number of hydrogen-bond acceptors (Lipinski definition) is 3. The first-order valence-corrected chi connectivity index (χ1v) is 8.28. The van der Waals surface area contributed by atoms with Crippen molar-refractivity contribution in [1.29, 1.82) is 0 Å². The van der Waals surface area contributed by atoms with E-state index in [0.717, 1.165) is 27.8 Å².